The Morgan fingerprint density at radius 2 is 1.44 bits per heavy atom. The molecule has 180 valence electrons. The van der Waals surface area contributed by atoms with Gasteiger partial charge in [-0.2, -0.15) is 0 Å². The Morgan fingerprint density at radius 1 is 0.906 bits per heavy atom. The van der Waals surface area contributed by atoms with Crippen LogP contribution < -0.4 is 16.6 Å². The number of nitrogens with two attached hydrogens (primary N) is 1. The van der Waals surface area contributed by atoms with Crippen LogP contribution in [0.1, 0.15) is 74.7 Å². The number of halogens is 1. The second-order valence-corrected chi connectivity index (χ2v) is 8.23. The number of nitrogens with one attached hydrogen (secondary N) is 2. The maximum absolute atomic E-state index is 12.2. The summed E-state index contributed by atoms with van der Waals surface area (Å²) in [7, 11) is 2.71. The summed E-state index contributed by atoms with van der Waals surface area (Å²) < 4.78 is 9.46. The van der Waals surface area contributed by atoms with Crippen molar-refractivity contribution in [2.75, 3.05) is 14.2 Å². The standard InChI is InChI=1S/C14H18N2O4.C8H15NO2.ClH/c1-20-13(19)14(8-3-2-4-9-14)16-12(18)10-6-5-7-11(17)15-10;1-11-7(10)8(9)5-3-2-4-6-8;/h5-7H,2-4,8-9H2,1H3,(H,15,17)(H,16,18);2-6,9H2,1H3;1H. The number of carbonyl (C=O) groups is 3. The molecule has 9 nitrogen and oxygen atoms in total. The highest BCUT2D eigenvalue weighted by molar-refractivity contribution is 5.96. The molecule has 1 amide bonds. The van der Waals surface area contributed by atoms with E-state index < -0.39 is 23.0 Å². The predicted molar refractivity (Wildman–Crippen MR) is 122 cm³/mol. The van der Waals surface area contributed by atoms with Crippen molar-refractivity contribution in [2.45, 2.75) is 75.3 Å². The fourth-order valence-electron chi connectivity index (χ4n) is 4.19. The van der Waals surface area contributed by atoms with Gasteiger partial charge in [-0.1, -0.05) is 44.6 Å². The molecule has 2 saturated carbocycles. The van der Waals surface area contributed by atoms with Gasteiger partial charge in [-0.05, 0) is 31.7 Å². The van der Waals surface area contributed by atoms with Crippen molar-refractivity contribution in [1.29, 1.82) is 0 Å². The molecule has 0 unspecified atom stereocenters. The van der Waals surface area contributed by atoms with E-state index in [-0.39, 0.29) is 29.6 Å². The molecular formula is C22H34ClN3O6. The number of carbonyl (C=O) groups excluding carboxylic acids is 3. The molecule has 0 atom stereocenters. The molecule has 1 heterocycles. The highest BCUT2D eigenvalue weighted by Crippen LogP contribution is 2.29. The topological polar surface area (TPSA) is 141 Å². The Kier molecular flexibility index (Phi) is 10.9. The van der Waals surface area contributed by atoms with Crippen LogP contribution in [0.15, 0.2) is 23.0 Å². The Bertz CT molecular complexity index is 829. The molecule has 4 N–H and O–H groups in total. The number of methoxy groups -OCH3 is 2. The van der Waals surface area contributed by atoms with Gasteiger partial charge in [0.15, 0.2) is 0 Å². The van der Waals surface area contributed by atoms with E-state index in [2.05, 4.69) is 15.0 Å². The first kappa shape index (κ1) is 27.6. The third-order valence-electron chi connectivity index (χ3n) is 5.99. The second-order valence-electron chi connectivity index (χ2n) is 8.23. The number of aromatic nitrogens is 1. The van der Waals surface area contributed by atoms with Crippen LogP contribution in [0.4, 0.5) is 0 Å². The van der Waals surface area contributed by atoms with Crippen molar-refractivity contribution in [3.05, 3.63) is 34.2 Å². The number of hydrogen-bond acceptors (Lipinski definition) is 7. The lowest BCUT2D eigenvalue weighted by Crippen LogP contribution is -2.56. The molecule has 0 saturated heterocycles. The summed E-state index contributed by atoms with van der Waals surface area (Å²) in [5.74, 6) is -1.14. The van der Waals surface area contributed by atoms with Gasteiger partial charge in [-0.15, -0.1) is 12.4 Å². The quantitative estimate of drug-likeness (QED) is 0.571. The minimum atomic E-state index is -0.975. The number of aromatic amines is 1. The van der Waals surface area contributed by atoms with E-state index in [0.717, 1.165) is 44.9 Å². The number of amides is 1. The molecule has 2 fully saturated rings. The van der Waals surface area contributed by atoms with E-state index in [0.29, 0.717) is 12.8 Å². The monoisotopic (exact) mass is 471 g/mol. The van der Waals surface area contributed by atoms with Crippen molar-refractivity contribution in [3.63, 3.8) is 0 Å². The van der Waals surface area contributed by atoms with Crippen LogP contribution in [0.3, 0.4) is 0 Å². The van der Waals surface area contributed by atoms with Gasteiger partial charge in [-0.3, -0.25) is 14.4 Å². The Morgan fingerprint density at radius 3 is 1.94 bits per heavy atom. The lowest BCUT2D eigenvalue weighted by molar-refractivity contribution is -0.150. The van der Waals surface area contributed by atoms with E-state index in [9.17, 15) is 19.2 Å². The lowest BCUT2D eigenvalue weighted by Gasteiger charge is -2.35. The van der Waals surface area contributed by atoms with Gasteiger partial charge in [0.05, 0.1) is 14.2 Å². The number of H-pyrrole nitrogens is 1. The fraction of sp³-hybridized carbons (Fsp3) is 0.636. The van der Waals surface area contributed by atoms with Gasteiger partial charge in [0.25, 0.3) is 5.91 Å². The van der Waals surface area contributed by atoms with Crippen LogP contribution in [-0.4, -0.2) is 48.1 Å². The normalized spacial score (nSPS) is 18.6. The van der Waals surface area contributed by atoms with Crippen LogP contribution in [0, 0.1) is 0 Å². The molecule has 2 aliphatic carbocycles. The summed E-state index contributed by atoms with van der Waals surface area (Å²) >= 11 is 0. The smallest absolute Gasteiger partial charge is 0.331 e. The van der Waals surface area contributed by atoms with Gasteiger partial charge in [0.2, 0.25) is 5.56 Å². The van der Waals surface area contributed by atoms with Crippen molar-refractivity contribution >= 4 is 30.3 Å². The average Bonchev–Trinajstić information content (AvgIpc) is 2.79. The van der Waals surface area contributed by atoms with Crippen LogP contribution in [0.2, 0.25) is 0 Å². The van der Waals surface area contributed by atoms with Crippen LogP contribution >= 0.6 is 12.4 Å². The van der Waals surface area contributed by atoms with Gasteiger partial charge in [0, 0.05) is 6.07 Å². The molecule has 10 heteroatoms. The molecular weight excluding hydrogens is 438 g/mol. The summed E-state index contributed by atoms with van der Waals surface area (Å²) in [5, 5.41) is 2.74. The number of esters is 2. The first-order chi connectivity index (χ1) is 14.8. The predicted octanol–water partition coefficient (Wildman–Crippen LogP) is 2.22. The summed E-state index contributed by atoms with van der Waals surface area (Å²) in [6.07, 6.45) is 8.72. The molecule has 0 radical (unpaired) electrons. The number of pyridine rings is 1. The Balaban J connectivity index is 0.000000364. The largest absolute Gasteiger partial charge is 0.468 e. The Labute approximate surface area is 194 Å². The summed E-state index contributed by atoms with van der Waals surface area (Å²) in [4.78, 5) is 49.0. The SMILES string of the molecule is COC(=O)C1(N)CCCCC1.COC(=O)C1(NC(=O)c2cccc(=O)[nH]2)CCCCC1.Cl. The molecule has 3 rings (SSSR count). The van der Waals surface area contributed by atoms with Crippen LogP contribution in [0.5, 0.6) is 0 Å². The molecule has 0 aliphatic heterocycles. The third kappa shape index (κ3) is 7.06. The first-order valence-electron chi connectivity index (χ1n) is 10.7. The molecule has 2 aliphatic rings. The van der Waals surface area contributed by atoms with Crippen LogP contribution in [-0.2, 0) is 19.1 Å². The number of hydrogen-bond donors (Lipinski definition) is 3. The van der Waals surface area contributed by atoms with Crippen LogP contribution in [0.25, 0.3) is 0 Å². The van der Waals surface area contributed by atoms with Crippen molar-refractivity contribution < 1.29 is 23.9 Å². The zero-order valence-corrected chi connectivity index (χ0v) is 19.6. The van der Waals surface area contributed by atoms with Gasteiger partial charge in [0.1, 0.15) is 16.8 Å². The van der Waals surface area contributed by atoms with E-state index in [1.54, 1.807) is 0 Å². The van der Waals surface area contributed by atoms with Crippen molar-refractivity contribution in [1.82, 2.24) is 10.3 Å². The van der Waals surface area contributed by atoms with Crippen molar-refractivity contribution in [3.8, 4) is 0 Å². The van der Waals surface area contributed by atoms with E-state index >= 15 is 0 Å². The zero-order valence-electron chi connectivity index (χ0n) is 18.7. The third-order valence-corrected chi connectivity index (χ3v) is 5.99. The molecule has 0 spiro atoms. The maximum atomic E-state index is 12.2. The lowest BCUT2D eigenvalue weighted by atomic mass is 9.81. The maximum Gasteiger partial charge on any atom is 0.331 e. The molecule has 1 aromatic rings. The number of ether oxygens (including phenoxy) is 2. The van der Waals surface area contributed by atoms with E-state index in [1.165, 1.54) is 38.8 Å². The average molecular weight is 472 g/mol. The first-order valence-corrected chi connectivity index (χ1v) is 10.7. The van der Waals surface area contributed by atoms with E-state index in [4.69, 9.17) is 10.5 Å². The summed E-state index contributed by atoms with van der Waals surface area (Å²) in [6, 6.07) is 4.33. The zero-order chi connectivity index (χ0) is 22.9. The van der Waals surface area contributed by atoms with Crippen molar-refractivity contribution in [2.24, 2.45) is 5.73 Å². The van der Waals surface area contributed by atoms with Gasteiger partial charge in [-0.25, -0.2) is 4.79 Å². The highest BCUT2D eigenvalue weighted by Gasteiger charge is 2.42. The minimum Gasteiger partial charge on any atom is -0.468 e. The van der Waals surface area contributed by atoms with Gasteiger partial charge >= 0.3 is 11.9 Å². The summed E-state index contributed by atoms with van der Waals surface area (Å²) in [6.45, 7) is 0. The molecule has 32 heavy (non-hydrogen) atoms. The fourth-order valence-corrected chi connectivity index (χ4v) is 4.19. The highest BCUT2D eigenvalue weighted by atomic mass is 35.5. The molecule has 0 bridgehead atoms. The Hall–Kier alpha value is -2.39. The second kappa shape index (κ2) is 12.6. The molecule has 0 aromatic carbocycles. The minimum absolute atomic E-state index is 0. The summed E-state index contributed by atoms with van der Waals surface area (Å²) in [5.41, 5.74) is 3.98. The van der Waals surface area contributed by atoms with E-state index in [1.807, 2.05) is 0 Å². The number of rotatable bonds is 4. The van der Waals surface area contributed by atoms with Gasteiger partial charge < -0.3 is 25.5 Å². The molecule has 1 aromatic heterocycles.